The summed E-state index contributed by atoms with van der Waals surface area (Å²) in [5.41, 5.74) is 3.05. The smallest absolute Gasteiger partial charge is 0.255 e. The lowest BCUT2D eigenvalue weighted by molar-refractivity contribution is 0.0951. The summed E-state index contributed by atoms with van der Waals surface area (Å²) in [6.45, 7) is 3.26. The summed E-state index contributed by atoms with van der Waals surface area (Å²) >= 11 is 5.88. The van der Waals surface area contributed by atoms with Crippen molar-refractivity contribution in [2.24, 2.45) is 0 Å². The summed E-state index contributed by atoms with van der Waals surface area (Å²) in [4.78, 5) is 12.6. The number of carbonyl (C=O) groups excluding carboxylic acids is 1. The van der Waals surface area contributed by atoms with Crippen molar-refractivity contribution >= 4 is 17.5 Å². The molecule has 0 bridgehead atoms. The van der Waals surface area contributed by atoms with Crippen molar-refractivity contribution in [3.8, 4) is 17.0 Å². The largest absolute Gasteiger partial charge is 0.494 e. The number of amides is 1. The normalized spacial score (nSPS) is 10.6. The molecule has 0 aliphatic rings. The second-order valence-electron chi connectivity index (χ2n) is 6.19. The molecule has 3 rings (SSSR count). The van der Waals surface area contributed by atoms with E-state index >= 15 is 0 Å². The molecule has 3 aromatic rings. The highest BCUT2D eigenvalue weighted by Crippen LogP contribution is 2.24. The molecule has 27 heavy (non-hydrogen) atoms. The summed E-state index contributed by atoms with van der Waals surface area (Å²) in [6, 6.07) is 15.0. The number of aromatic amines is 1. The fourth-order valence-electron chi connectivity index (χ4n) is 2.61. The predicted octanol–water partition coefficient (Wildman–Crippen LogP) is 4.84. The summed E-state index contributed by atoms with van der Waals surface area (Å²) in [5, 5.41) is 10.5. The molecule has 2 N–H and O–H groups in total. The number of H-pyrrole nitrogens is 1. The van der Waals surface area contributed by atoms with Crippen molar-refractivity contribution in [1.82, 2.24) is 15.5 Å². The Labute approximate surface area is 163 Å². The Morgan fingerprint density at radius 1 is 1.15 bits per heavy atom. The molecule has 0 fully saturated rings. The fourth-order valence-corrected chi connectivity index (χ4v) is 2.74. The lowest BCUT2D eigenvalue weighted by Gasteiger charge is -2.08. The Balaban J connectivity index is 1.65. The van der Waals surface area contributed by atoms with Gasteiger partial charge in [-0.2, -0.15) is 5.10 Å². The molecule has 0 aliphatic carbocycles. The molecule has 2 aromatic carbocycles. The first-order chi connectivity index (χ1) is 13.2. The molecular weight excluding hydrogens is 362 g/mol. The highest BCUT2D eigenvalue weighted by atomic mass is 35.5. The van der Waals surface area contributed by atoms with Gasteiger partial charge in [-0.3, -0.25) is 9.89 Å². The first-order valence-corrected chi connectivity index (χ1v) is 9.34. The van der Waals surface area contributed by atoms with Crippen molar-refractivity contribution in [2.75, 3.05) is 6.61 Å². The van der Waals surface area contributed by atoms with Crippen LogP contribution in [0.2, 0.25) is 5.02 Å². The van der Waals surface area contributed by atoms with Gasteiger partial charge >= 0.3 is 0 Å². The van der Waals surface area contributed by atoms with E-state index in [4.69, 9.17) is 16.3 Å². The maximum absolute atomic E-state index is 12.6. The summed E-state index contributed by atoms with van der Waals surface area (Å²) in [5.74, 6) is 0.637. The zero-order valence-electron chi connectivity index (χ0n) is 15.2. The molecule has 6 heteroatoms. The zero-order chi connectivity index (χ0) is 19.1. The molecular formula is C21H22ClN3O2. The quantitative estimate of drug-likeness (QED) is 0.547. The molecule has 0 atom stereocenters. The lowest BCUT2D eigenvalue weighted by Crippen LogP contribution is -2.22. The van der Waals surface area contributed by atoms with Gasteiger partial charge in [0.1, 0.15) is 5.75 Å². The van der Waals surface area contributed by atoms with Gasteiger partial charge in [-0.25, -0.2) is 0 Å². The van der Waals surface area contributed by atoms with Crippen molar-refractivity contribution in [3.05, 3.63) is 70.9 Å². The molecule has 0 radical (unpaired) electrons. The second-order valence-corrected chi connectivity index (χ2v) is 6.63. The van der Waals surface area contributed by atoms with Crippen LogP contribution >= 0.6 is 11.6 Å². The molecule has 5 nitrogen and oxygen atoms in total. The number of unbranched alkanes of at least 4 members (excludes halogenated alkanes) is 1. The number of hydrogen-bond acceptors (Lipinski definition) is 3. The number of halogens is 1. The molecule has 140 valence electrons. The van der Waals surface area contributed by atoms with Gasteiger partial charge in [0.15, 0.2) is 0 Å². The molecule has 0 spiro atoms. The van der Waals surface area contributed by atoms with E-state index in [1.807, 2.05) is 36.4 Å². The number of nitrogens with one attached hydrogen (secondary N) is 2. The SMILES string of the molecule is CCCCOc1ccc(-c2[nH]ncc2C(=O)NCc2ccc(Cl)cc2)cc1. The number of ether oxygens (including phenoxy) is 1. The Morgan fingerprint density at radius 2 is 1.89 bits per heavy atom. The van der Waals surface area contributed by atoms with Crippen molar-refractivity contribution in [2.45, 2.75) is 26.3 Å². The van der Waals surface area contributed by atoms with Crippen LogP contribution in [0.3, 0.4) is 0 Å². The predicted molar refractivity (Wildman–Crippen MR) is 107 cm³/mol. The summed E-state index contributed by atoms with van der Waals surface area (Å²) in [6.07, 6.45) is 3.67. The number of carbonyl (C=O) groups is 1. The van der Waals surface area contributed by atoms with E-state index in [2.05, 4.69) is 22.4 Å². The molecule has 1 heterocycles. The first kappa shape index (κ1) is 19.0. The third kappa shape index (κ3) is 5.11. The van der Waals surface area contributed by atoms with Crippen LogP contribution in [0.5, 0.6) is 5.75 Å². The highest BCUT2D eigenvalue weighted by molar-refractivity contribution is 6.30. The van der Waals surface area contributed by atoms with Crippen LogP contribution in [0.15, 0.2) is 54.7 Å². The Kier molecular flexibility index (Phi) is 6.49. The average molecular weight is 384 g/mol. The average Bonchev–Trinajstić information content (AvgIpc) is 3.18. The van der Waals surface area contributed by atoms with E-state index in [1.54, 1.807) is 12.1 Å². The Hall–Kier alpha value is -2.79. The van der Waals surface area contributed by atoms with Gasteiger partial charge in [-0.1, -0.05) is 37.1 Å². The topological polar surface area (TPSA) is 67.0 Å². The monoisotopic (exact) mass is 383 g/mol. The minimum Gasteiger partial charge on any atom is -0.494 e. The molecule has 1 amide bonds. The van der Waals surface area contributed by atoms with Crippen LogP contribution < -0.4 is 10.1 Å². The molecule has 0 saturated heterocycles. The molecule has 0 saturated carbocycles. The van der Waals surface area contributed by atoms with E-state index < -0.39 is 0 Å². The van der Waals surface area contributed by atoms with Crippen LogP contribution in [-0.4, -0.2) is 22.7 Å². The second kappa shape index (κ2) is 9.24. The van der Waals surface area contributed by atoms with Gasteiger partial charge in [-0.15, -0.1) is 0 Å². The Morgan fingerprint density at radius 3 is 2.59 bits per heavy atom. The van der Waals surface area contributed by atoms with E-state index in [9.17, 15) is 4.79 Å². The number of nitrogens with zero attached hydrogens (tertiary/aromatic N) is 1. The van der Waals surface area contributed by atoms with Crippen molar-refractivity contribution in [3.63, 3.8) is 0 Å². The minimum absolute atomic E-state index is 0.183. The number of rotatable bonds is 8. The molecule has 0 unspecified atom stereocenters. The van der Waals surface area contributed by atoms with Crippen LogP contribution in [-0.2, 0) is 6.54 Å². The van der Waals surface area contributed by atoms with Crippen molar-refractivity contribution in [1.29, 1.82) is 0 Å². The number of benzene rings is 2. The fraction of sp³-hybridized carbons (Fsp3) is 0.238. The number of hydrogen-bond donors (Lipinski definition) is 2. The highest BCUT2D eigenvalue weighted by Gasteiger charge is 2.15. The van der Waals surface area contributed by atoms with Gasteiger partial charge in [-0.05, 0) is 48.4 Å². The van der Waals surface area contributed by atoms with E-state index in [0.29, 0.717) is 29.4 Å². The lowest BCUT2D eigenvalue weighted by atomic mass is 10.1. The van der Waals surface area contributed by atoms with Gasteiger partial charge < -0.3 is 10.1 Å². The van der Waals surface area contributed by atoms with E-state index in [1.165, 1.54) is 6.20 Å². The molecule has 1 aromatic heterocycles. The summed E-state index contributed by atoms with van der Waals surface area (Å²) in [7, 11) is 0. The minimum atomic E-state index is -0.183. The maximum atomic E-state index is 12.6. The first-order valence-electron chi connectivity index (χ1n) is 8.96. The standard InChI is InChI=1S/C21H22ClN3O2/c1-2-3-12-27-18-10-6-16(7-11-18)20-19(14-24-25-20)21(26)23-13-15-4-8-17(22)9-5-15/h4-11,14H,2-3,12-13H2,1H3,(H,23,26)(H,24,25). The van der Waals surface area contributed by atoms with Gasteiger partial charge in [0.05, 0.1) is 24.1 Å². The van der Waals surface area contributed by atoms with Gasteiger partial charge in [0, 0.05) is 17.1 Å². The van der Waals surface area contributed by atoms with E-state index in [0.717, 1.165) is 29.7 Å². The maximum Gasteiger partial charge on any atom is 0.255 e. The van der Waals surface area contributed by atoms with Crippen LogP contribution in [0.4, 0.5) is 0 Å². The van der Waals surface area contributed by atoms with Crippen LogP contribution in [0, 0.1) is 0 Å². The Bertz CT molecular complexity index is 873. The molecule has 0 aliphatic heterocycles. The van der Waals surface area contributed by atoms with Crippen LogP contribution in [0.25, 0.3) is 11.3 Å². The van der Waals surface area contributed by atoms with Crippen molar-refractivity contribution < 1.29 is 9.53 Å². The number of aromatic nitrogens is 2. The van der Waals surface area contributed by atoms with Crippen LogP contribution in [0.1, 0.15) is 35.7 Å². The third-order valence-corrected chi connectivity index (χ3v) is 4.41. The summed E-state index contributed by atoms with van der Waals surface area (Å²) < 4.78 is 5.68. The van der Waals surface area contributed by atoms with Gasteiger partial charge in [0.25, 0.3) is 5.91 Å². The van der Waals surface area contributed by atoms with E-state index in [-0.39, 0.29) is 5.91 Å². The van der Waals surface area contributed by atoms with Gasteiger partial charge in [0.2, 0.25) is 0 Å². The third-order valence-electron chi connectivity index (χ3n) is 4.16. The zero-order valence-corrected chi connectivity index (χ0v) is 15.9.